The van der Waals surface area contributed by atoms with Gasteiger partial charge < -0.3 is 10.6 Å². The number of anilines is 1. The van der Waals surface area contributed by atoms with Crippen molar-refractivity contribution in [3.63, 3.8) is 0 Å². The SMILES string of the molecule is CCc1cc(C(=O)N(C)Cc2cccnc2)cc(N)n1. The van der Waals surface area contributed by atoms with Gasteiger partial charge in [0.15, 0.2) is 0 Å². The first-order valence-electron chi connectivity index (χ1n) is 6.51. The van der Waals surface area contributed by atoms with E-state index in [1.54, 1.807) is 36.5 Å². The van der Waals surface area contributed by atoms with Gasteiger partial charge in [-0.05, 0) is 30.2 Å². The van der Waals surface area contributed by atoms with Crippen LogP contribution in [0.3, 0.4) is 0 Å². The van der Waals surface area contributed by atoms with E-state index in [-0.39, 0.29) is 5.91 Å². The summed E-state index contributed by atoms with van der Waals surface area (Å²) >= 11 is 0. The number of hydrogen-bond acceptors (Lipinski definition) is 4. The molecule has 0 bridgehead atoms. The number of rotatable bonds is 4. The van der Waals surface area contributed by atoms with Crippen molar-refractivity contribution in [2.45, 2.75) is 19.9 Å². The Labute approximate surface area is 118 Å². The van der Waals surface area contributed by atoms with Crippen LogP contribution in [0.1, 0.15) is 28.5 Å². The van der Waals surface area contributed by atoms with Gasteiger partial charge in [-0.2, -0.15) is 0 Å². The zero-order valence-electron chi connectivity index (χ0n) is 11.7. The molecule has 0 aliphatic rings. The van der Waals surface area contributed by atoms with Crippen LogP contribution in [0.15, 0.2) is 36.7 Å². The van der Waals surface area contributed by atoms with Crippen molar-refractivity contribution in [2.24, 2.45) is 0 Å². The highest BCUT2D eigenvalue weighted by Gasteiger charge is 2.13. The molecule has 5 heteroatoms. The van der Waals surface area contributed by atoms with Crippen LogP contribution >= 0.6 is 0 Å². The highest BCUT2D eigenvalue weighted by molar-refractivity contribution is 5.94. The molecule has 0 unspecified atom stereocenters. The Balaban J connectivity index is 2.16. The molecule has 0 spiro atoms. The largest absolute Gasteiger partial charge is 0.384 e. The van der Waals surface area contributed by atoms with Gasteiger partial charge in [0.1, 0.15) is 5.82 Å². The van der Waals surface area contributed by atoms with Crippen molar-refractivity contribution in [2.75, 3.05) is 12.8 Å². The molecule has 0 fully saturated rings. The highest BCUT2D eigenvalue weighted by atomic mass is 16.2. The third kappa shape index (κ3) is 3.32. The van der Waals surface area contributed by atoms with E-state index < -0.39 is 0 Å². The average Bonchev–Trinajstić information content (AvgIpc) is 2.46. The van der Waals surface area contributed by atoms with Gasteiger partial charge >= 0.3 is 0 Å². The lowest BCUT2D eigenvalue weighted by atomic mass is 10.1. The van der Waals surface area contributed by atoms with Crippen molar-refractivity contribution in [3.8, 4) is 0 Å². The van der Waals surface area contributed by atoms with E-state index in [9.17, 15) is 4.79 Å². The number of carbonyl (C=O) groups excluding carboxylic acids is 1. The Hall–Kier alpha value is -2.43. The van der Waals surface area contributed by atoms with Crippen LogP contribution in [0.4, 0.5) is 5.82 Å². The van der Waals surface area contributed by atoms with E-state index >= 15 is 0 Å². The molecule has 0 aliphatic carbocycles. The number of hydrogen-bond donors (Lipinski definition) is 1. The molecule has 2 heterocycles. The van der Waals surface area contributed by atoms with E-state index in [0.717, 1.165) is 17.7 Å². The first kappa shape index (κ1) is 14.0. The molecular formula is C15H18N4O. The Morgan fingerprint density at radius 2 is 2.20 bits per heavy atom. The van der Waals surface area contributed by atoms with Gasteiger partial charge in [-0.15, -0.1) is 0 Å². The minimum atomic E-state index is -0.0716. The summed E-state index contributed by atoms with van der Waals surface area (Å²) in [5, 5.41) is 0. The number of nitrogen functional groups attached to an aromatic ring is 1. The zero-order chi connectivity index (χ0) is 14.5. The molecular weight excluding hydrogens is 252 g/mol. The van der Waals surface area contributed by atoms with Gasteiger partial charge in [0.25, 0.3) is 5.91 Å². The van der Waals surface area contributed by atoms with Crippen LogP contribution in [0, 0.1) is 0 Å². The van der Waals surface area contributed by atoms with E-state index in [0.29, 0.717) is 17.9 Å². The summed E-state index contributed by atoms with van der Waals surface area (Å²) in [4.78, 5) is 22.3. The zero-order valence-corrected chi connectivity index (χ0v) is 11.7. The first-order chi connectivity index (χ1) is 9.60. The van der Waals surface area contributed by atoms with Crippen molar-refractivity contribution in [1.29, 1.82) is 0 Å². The monoisotopic (exact) mass is 270 g/mol. The standard InChI is InChI=1S/C15H18N4O/c1-3-13-7-12(8-14(16)18-13)15(20)19(2)10-11-5-4-6-17-9-11/h4-9H,3,10H2,1-2H3,(H2,16,18). The summed E-state index contributed by atoms with van der Waals surface area (Å²) in [6.07, 6.45) is 4.21. The fourth-order valence-corrected chi connectivity index (χ4v) is 1.97. The predicted molar refractivity (Wildman–Crippen MR) is 78.1 cm³/mol. The second kappa shape index (κ2) is 6.14. The third-order valence-electron chi connectivity index (χ3n) is 3.00. The Morgan fingerprint density at radius 1 is 1.40 bits per heavy atom. The van der Waals surface area contributed by atoms with Gasteiger partial charge in [-0.25, -0.2) is 4.98 Å². The van der Waals surface area contributed by atoms with Crippen molar-refractivity contribution < 1.29 is 4.79 Å². The van der Waals surface area contributed by atoms with Gasteiger partial charge in [-0.1, -0.05) is 13.0 Å². The lowest BCUT2D eigenvalue weighted by Crippen LogP contribution is -2.26. The second-order valence-electron chi connectivity index (χ2n) is 4.65. The van der Waals surface area contributed by atoms with E-state index in [4.69, 9.17) is 5.73 Å². The Bertz CT molecular complexity index is 598. The molecule has 2 rings (SSSR count). The maximum atomic E-state index is 12.4. The molecule has 20 heavy (non-hydrogen) atoms. The smallest absolute Gasteiger partial charge is 0.254 e. The number of amides is 1. The minimum absolute atomic E-state index is 0.0716. The summed E-state index contributed by atoms with van der Waals surface area (Å²) in [5.41, 5.74) is 8.11. The van der Waals surface area contributed by atoms with Crippen LogP contribution in [-0.2, 0) is 13.0 Å². The second-order valence-corrected chi connectivity index (χ2v) is 4.65. The molecule has 2 N–H and O–H groups in total. The van der Waals surface area contributed by atoms with Crippen molar-refractivity contribution in [3.05, 3.63) is 53.5 Å². The number of aromatic nitrogens is 2. The maximum Gasteiger partial charge on any atom is 0.254 e. The molecule has 0 aromatic carbocycles. The van der Waals surface area contributed by atoms with E-state index in [2.05, 4.69) is 9.97 Å². The van der Waals surface area contributed by atoms with Gasteiger partial charge in [0.05, 0.1) is 0 Å². The molecule has 104 valence electrons. The number of nitrogens with two attached hydrogens (primary N) is 1. The minimum Gasteiger partial charge on any atom is -0.384 e. The summed E-state index contributed by atoms with van der Waals surface area (Å²) in [6, 6.07) is 7.20. The summed E-state index contributed by atoms with van der Waals surface area (Å²) in [6.45, 7) is 2.49. The molecule has 1 amide bonds. The predicted octanol–water partition coefficient (Wildman–Crippen LogP) is 1.89. The molecule has 5 nitrogen and oxygen atoms in total. The average molecular weight is 270 g/mol. The lowest BCUT2D eigenvalue weighted by Gasteiger charge is -2.17. The number of carbonyl (C=O) groups is 1. The third-order valence-corrected chi connectivity index (χ3v) is 3.00. The summed E-state index contributed by atoms with van der Waals surface area (Å²) < 4.78 is 0. The molecule has 0 atom stereocenters. The van der Waals surface area contributed by atoms with E-state index in [1.165, 1.54) is 0 Å². The summed E-state index contributed by atoms with van der Waals surface area (Å²) in [5.74, 6) is 0.306. The van der Waals surface area contributed by atoms with Gasteiger partial charge in [0, 0.05) is 37.2 Å². The van der Waals surface area contributed by atoms with Crippen molar-refractivity contribution >= 4 is 11.7 Å². The van der Waals surface area contributed by atoms with Crippen LogP contribution in [0.25, 0.3) is 0 Å². The molecule has 0 saturated carbocycles. The van der Waals surface area contributed by atoms with Gasteiger partial charge in [-0.3, -0.25) is 9.78 Å². The maximum absolute atomic E-state index is 12.4. The van der Waals surface area contributed by atoms with Crippen molar-refractivity contribution in [1.82, 2.24) is 14.9 Å². The number of aryl methyl sites for hydroxylation is 1. The molecule has 0 aliphatic heterocycles. The summed E-state index contributed by atoms with van der Waals surface area (Å²) in [7, 11) is 1.76. The van der Waals surface area contributed by atoms with Crippen LogP contribution < -0.4 is 5.73 Å². The number of nitrogens with zero attached hydrogens (tertiary/aromatic N) is 3. The number of pyridine rings is 2. The topological polar surface area (TPSA) is 72.1 Å². The molecule has 2 aromatic heterocycles. The van der Waals surface area contributed by atoms with E-state index in [1.807, 2.05) is 19.1 Å². The fourth-order valence-electron chi connectivity index (χ4n) is 1.97. The highest BCUT2D eigenvalue weighted by Crippen LogP contribution is 2.12. The van der Waals surface area contributed by atoms with Crippen LogP contribution in [-0.4, -0.2) is 27.8 Å². The first-order valence-corrected chi connectivity index (χ1v) is 6.51. The molecule has 0 radical (unpaired) electrons. The molecule has 2 aromatic rings. The normalized spacial score (nSPS) is 10.3. The lowest BCUT2D eigenvalue weighted by molar-refractivity contribution is 0.0785. The molecule has 0 saturated heterocycles. The van der Waals surface area contributed by atoms with Crippen LogP contribution in [0.5, 0.6) is 0 Å². The quantitative estimate of drug-likeness (QED) is 0.921. The fraction of sp³-hybridized carbons (Fsp3) is 0.267. The van der Waals surface area contributed by atoms with Crippen LogP contribution in [0.2, 0.25) is 0 Å². The Morgan fingerprint density at radius 3 is 2.85 bits per heavy atom. The van der Waals surface area contributed by atoms with Gasteiger partial charge in [0.2, 0.25) is 0 Å². The Kier molecular flexibility index (Phi) is 4.30.